The number of nitro groups is 1. The van der Waals surface area contributed by atoms with E-state index in [9.17, 15) is 14.9 Å². The zero-order valence-corrected chi connectivity index (χ0v) is 12.9. The van der Waals surface area contributed by atoms with E-state index in [1.807, 2.05) is 4.90 Å². The zero-order valence-electron chi connectivity index (χ0n) is 11.3. The van der Waals surface area contributed by atoms with Crippen LogP contribution in [0.4, 0.5) is 5.69 Å². The number of benzene rings is 1. The molecule has 2 rings (SSSR count). The van der Waals surface area contributed by atoms with Gasteiger partial charge in [-0.2, -0.15) is 0 Å². The molecule has 1 unspecified atom stereocenters. The van der Waals surface area contributed by atoms with E-state index in [0.717, 1.165) is 32.2 Å². The fourth-order valence-electron chi connectivity index (χ4n) is 2.64. The third-order valence-corrected chi connectivity index (χ3v) is 4.42. The Kier molecular flexibility index (Phi) is 4.75. The molecule has 0 bridgehead atoms. The second kappa shape index (κ2) is 6.35. The topological polar surface area (TPSA) is 63.5 Å². The van der Waals surface area contributed by atoms with Crippen LogP contribution in [0.5, 0.6) is 0 Å². The molecule has 1 heterocycles. The number of hydrogen-bond donors (Lipinski definition) is 0. The Hall–Kier alpha value is -1.43. The Bertz CT molecular complexity index is 533. The third-order valence-electron chi connectivity index (χ3n) is 3.75. The SMILES string of the molecule is CCC1CCCCN1C(=O)c1ccc(Br)c([N+](=O)[O-])c1. The van der Waals surface area contributed by atoms with E-state index >= 15 is 0 Å². The van der Waals surface area contributed by atoms with Crippen molar-refractivity contribution >= 4 is 27.5 Å². The minimum atomic E-state index is -0.478. The van der Waals surface area contributed by atoms with Crippen molar-refractivity contribution in [1.82, 2.24) is 4.90 Å². The molecule has 1 amide bonds. The molecular weight excluding hydrogens is 324 g/mol. The normalized spacial score (nSPS) is 18.9. The van der Waals surface area contributed by atoms with Crippen LogP contribution in [0.15, 0.2) is 22.7 Å². The van der Waals surface area contributed by atoms with Gasteiger partial charge in [-0.1, -0.05) is 6.92 Å². The van der Waals surface area contributed by atoms with Gasteiger partial charge in [-0.3, -0.25) is 14.9 Å². The second-order valence-corrected chi connectivity index (χ2v) is 5.83. The molecule has 0 spiro atoms. The maximum atomic E-state index is 12.5. The van der Waals surface area contributed by atoms with Crippen LogP contribution in [-0.4, -0.2) is 28.3 Å². The number of carbonyl (C=O) groups excluding carboxylic acids is 1. The number of rotatable bonds is 3. The van der Waals surface area contributed by atoms with Crippen molar-refractivity contribution < 1.29 is 9.72 Å². The first kappa shape index (κ1) is 15.0. The molecule has 1 saturated heterocycles. The van der Waals surface area contributed by atoms with Gasteiger partial charge < -0.3 is 4.90 Å². The monoisotopic (exact) mass is 340 g/mol. The second-order valence-electron chi connectivity index (χ2n) is 4.98. The highest BCUT2D eigenvalue weighted by Gasteiger charge is 2.27. The first-order valence-electron chi connectivity index (χ1n) is 6.79. The summed E-state index contributed by atoms with van der Waals surface area (Å²) < 4.78 is 0.393. The Morgan fingerprint density at radius 2 is 2.25 bits per heavy atom. The van der Waals surface area contributed by atoms with Crippen molar-refractivity contribution in [3.8, 4) is 0 Å². The number of halogens is 1. The highest BCUT2D eigenvalue weighted by molar-refractivity contribution is 9.10. The summed E-state index contributed by atoms with van der Waals surface area (Å²) in [5.74, 6) is -0.104. The molecule has 20 heavy (non-hydrogen) atoms. The molecule has 1 aromatic carbocycles. The van der Waals surface area contributed by atoms with Gasteiger partial charge >= 0.3 is 0 Å². The lowest BCUT2D eigenvalue weighted by molar-refractivity contribution is -0.385. The first-order chi connectivity index (χ1) is 9.54. The Morgan fingerprint density at radius 3 is 2.90 bits per heavy atom. The van der Waals surface area contributed by atoms with Gasteiger partial charge in [-0.15, -0.1) is 0 Å². The number of carbonyl (C=O) groups is 1. The number of hydrogen-bond acceptors (Lipinski definition) is 3. The summed E-state index contributed by atoms with van der Waals surface area (Å²) in [4.78, 5) is 24.9. The van der Waals surface area contributed by atoms with Crippen LogP contribution < -0.4 is 0 Å². The van der Waals surface area contributed by atoms with Gasteiger partial charge in [0.15, 0.2) is 0 Å². The summed E-state index contributed by atoms with van der Waals surface area (Å²) >= 11 is 3.14. The maximum Gasteiger partial charge on any atom is 0.284 e. The summed E-state index contributed by atoms with van der Waals surface area (Å²) in [6.45, 7) is 2.81. The predicted octanol–water partition coefficient (Wildman–Crippen LogP) is 3.76. The fourth-order valence-corrected chi connectivity index (χ4v) is 3.04. The standard InChI is InChI=1S/C14H17BrN2O3/c1-2-11-5-3-4-8-16(11)14(18)10-6-7-12(15)13(9-10)17(19)20/h6-7,9,11H,2-5,8H2,1H3. The van der Waals surface area contributed by atoms with Gasteiger partial charge in [0.05, 0.1) is 9.40 Å². The van der Waals surface area contributed by atoms with Crippen LogP contribution in [0.1, 0.15) is 43.0 Å². The van der Waals surface area contributed by atoms with Gasteiger partial charge in [-0.25, -0.2) is 0 Å². The van der Waals surface area contributed by atoms with Crippen molar-refractivity contribution in [3.05, 3.63) is 38.3 Å². The zero-order chi connectivity index (χ0) is 14.7. The Morgan fingerprint density at radius 1 is 1.50 bits per heavy atom. The van der Waals surface area contributed by atoms with Gasteiger partial charge in [0.25, 0.3) is 11.6 Å². The number of piperidine rings is 1. The molecule has 0 aliphatic carbocycles. The minimum Gasteiger partial charge on any atom is -0.336 e. The molecule has 1 atom stereocenters. The molecule has 0 radical (unpaired) electrons. The summed E-state index contributed by atoms with van der Waals surface area (Å²) in [5.41, 5.74) is 0.321. The number of nitrogens with zero attached hydrogens (tertiary/aromatic N) is 2. The van der Waals surface area contributed by atoms with E-state index in [0.29, 0.717) is 10.0 Å². The number of likely N-dealkylation sites (tertiary alicyclic amines) is 1. The van der Waals surface area contributed by atoms with E-state index in [-0.39, 0.29) is 17.6 Å². The quantitative estimate of drug-likeness (QED) is 0.621. The van der Waals surface area contributed by atoms with E-state index in [1.54, 1.807) is 12.1 Å². The minimum absolute atomic E-state index is 0.0686. The molecule has 6 heteroatoms. The lowest BCUT2D eigenvalue weighted by Crippen LogP contribution is -2.43. The molecular formula is C14H17BrN2O3. The van der Waals surface area contributed by atoms with Crippen LogP contribution in [0.3, 0.4) is 0 Å². The molecule has 1 aromatic rings. The van der Waals surface area contributed by atoms with Crippen molar-refractivity contribution in [2.75, 3.05) is 6.54 Å². The summed E-state index contributed by atoms with van der Waals surface area (Å²) in [6.07, 6.45) is 4.08. The lowest BCUT2D eigenvalue weighted by atomic mass is 9.99. The smallest absolute Gasteiger partial charge is 0.284 e. The van der Waals surface area contributed by atoms with Gasteiger partial charge in [0, 0.05) is 24.2 Å². The molecule has 5 nitrogen and oxygen atoms in total. The average Bonchev–Trinajstić information content (AvgIpc) is 2.46. The van der Waals surface area contributed by atoms with Crippen LogP contribution in [0.2, 0.25) is 0 Å². The molecule has 1 fully saturated rings. The van der Waals surface area contributed by atoms with Crippen molar-refractivity contribution in [1.29, 1.82) is 0 Å². The maximum absolute atomic E-state index is 12.5. The molecule has 108 valence electrons. The van der Waals surface area contributed by atoms with Crippen molar-refractivity contribution in [2.24, 2.45) is 0 Å². The lowest BCUT2D eigenvalue weighted by Gasteiger charge is -2.35. The Labute approximate surface area is 126 Å². The summed E-state index contributed by atoms with van der Waals surface area (Å²) in [6, 6.07) is 4.81. The molecule has 0 saturated carbocycles. The number of nitro benzene ring substituents is 1. The summed E-state index contributed by atoms with van der Waals surface area (Å²) in [7, 11) is 0. The van der Waals surface area contributed by atoms with Crippen LogP contribution >= 0.6 is 15.9 Å². The molecule has 1 aliphatic rings. The Balaban J connectivity index is 2.28. The fraction of sp³-hybridized carbons (Fsp3) is 0.500. The molecule has 0 N–H and O–H groups in total. The van der Waals surface area contributed by atoms with Crippen molar-refractivity contribution in [3.63, 3.8) is 0 Å². The highest BCUT2D eigenvalue weighted by atomic mass is 79.9. The van der Waals surface area contributed by atoms with E-state index < -0.39 is 4.92 Å². The van der Waals surface area contributed by atoms with Gasteiger partial charge in [0.2, 0.25) is 0 Å². The van der Waals surface area contributed by atoms with Crippen molar-refractivity contribution in [2.45, 2.75) is 38.6 Å². The molecule has 0 aromatic heterocycles. The van der Waals surface area contributed by atoms with E-state index in [4.69, 9.17) is 0 Å². The highest BCUT2D eigenvalue weighted by Crippen LogP contribution is 2.28. The molecule has 1 aliphatic heterocycles. The predicted molar refractivity (Wildman–Crippen MR) is 79.8 cm³/mol. The average molecular weight is 341 g/mol. The van der Waals surface area contributed by atoms with Gasteiger partial charge in [0.1, 0.15) is 0 Å². The number of amides is 1. The first-order valence-corrected chi connectivity index (χ1v) is 7.58. The summed E-state index contributed by atoms with van der Waals surface area (Å²) in [5, 5.41) is 10.9. The van der Waals surface area contributed by atoms with E-state index in [2.05, 4.69) is 22.9 Å². The van der Waals surface area contributed by atoms with Crippen LogP contribution in [0.25, 0.3) is 0 Å². The van der Waals surface area contributed by atoms with Crippen LogP contribution in [-0.2, 0) is 0 Å². The van der Waals surface area contributed by atoms with Gasteiger partial charge in [-0.05, 0) is 53.7 Å². The largest absolute Gasteiger partial charge is 0.336 e. The third kappa shape index (κ3) is 3.00. The van der Waals surface area contributed by atoms with Crippen LogP contribution in [0, 0.1) is 10.1 Å². The van der Waals surface area contributed by atoms with E-state index in [1.165, 1.54) is 6.07 Å².